The maximum Gasteiger partial charge on any atom is 0.341 e. The molecule has 2 aromatic carbocycles. The Morgan fingerprint density at radius 1 is 1.20 bits per heavy atom. The highest BCUT2D eigenvalue weighted by atomic mass is 32.2. The summed E-state index contributed by atoms with van der Waals surface area (Å²) in [5.41, 5.74) is 5.36. The van der Waals surface area contributed by atoms with E-state index in [0.717, 1.165) is 18.2 Å². The number of benzene rings is 2. The third-order valence-electron chi connectivity index (χ3n) is 3.32. The number of esters is 1. The Hall–Kier alpha value is -2.78. The topological polar surface area (TPSA) is 116 Å². The van der Waals surface area contributed by atoms with Crippen molar-refractivity contribution in [2.75, 3.05) is 7.05 Å². The lowest BCUT2D eigenvalue weighted by Crippen LogP contribution is -2.19. The summed E-state index contributed by atoms with van der Waals surface area (Å²) in [5.74, 6) is -2.58. The molecule has 25 heavy (non-hydrogen) atoms. The molecule has 0 fully saturated rings. The first-order valence-electron chi connectivity index (χ1n) is 7.03. The van der Waals surface area contributed by atoms with Crippen molar-refractivity contribution >= 4 is 21.9 Å². The van der Waals surface area contributed by atoms with Crippen LogP contribution in [0.15, 0.2) is 47.4 Å². The molecule has 1 amide bonds. The van der Waals surface area contributed by atoms with Crippen molar-refractivity contribution in [3.05, 3.63) is 65.0 Å². The van der Waals surface area contributed by atoms with Gasteiger partial charge in [-0.3, -0.25) is 4.79 Å². The van der Waals surface area contributed by atoms with Gasteiger partial charge in [-0.2, -0.15) is 0 Å². The molecule has 2 aromatic rings. The van der Waals surface area contributed by atoms with Gasteiger partial charge >= 0.3 is 5.97 Å². The lowest BCUT2D eigenvalue weighted by Gasteiger charge is -2.08. The van der Waals surface area contributed by atoms with Gasteiger partial charge in [-0.1, -0.05) is 12.1 Å². The molecule has 0 heterocycles. The number of halogens is 1. The van der Waals surface area contributed by atoms with E-state index in [1.807, 2.05) is 0 Å². The van der Waals surface area contributed by atoms with E-state index in [2.05, 4.69) is 4.72 Å². The first-order chi connectivity index (χ1) is 11.7. The smallest absolute Gasteiger partial charge is 0.341 e. The fraction of sp³-hybridized carbons (Fsp3) is 0.125. The quantitative estimate of drug-likeness (QED) is 0.745. The van der Waals surface area contributed by atoms with Crippen molar-refractivity contribution in [1.82, 2.24) is 4.72 Å². The lowest BCUT2D eigenvalue weighted by molar-refractivity contribution is 0.0467. The SMILES string of the molecule is CNS(=O)(=O)c1ccc(F)c(C(=O)OCc2cccc(C(N)=O)c2)c1. The maximum absolute atomic E-state index is 13.8. The molecule has 9 heteroatoms. The summed E-state index contributed by atoms with van der Waals surface area (Å²) in [6.45, 7) is -0.234. The summed E-state index contributed by atoms with van der Waals surface area (Å²) in [5, 5.41) is 0. The van der Waals surface area contributed by atoms with Crippen LogP contribution >= 0.6 is 0 Å². The Bertz CT molecular complexity index is 928. The second-order valence-corrected chi connectivity index (χ2v) is 6.88. The average Bonchev–Trinajstić information content (AvgIpc) is 2.60. The van der Waals surface area contributed by atoms with Gasteiger partial charge in [0, 0.05) is 5.56 Å². The molecule has 0 bridgehead atoms. The molecule has 2 rings (SSSR count). The first-order valence-corrected chi connectivity index (χ1v) is 8.52. The summed E-state index contributed by atoms with van der Waals surface area (Å²) in [4.78, 5) is 22.9. The van der Waals surface area contributed by atoms with Crippen molar-refractivity contribution in [1.29, 1.82) is 0 Å². The molecule has 0 radical (unpaired) electrons. The summed E-state index contributed by atoms with van der Waals surface area (Å²) in [7, 11) is -2.63. The minimum atomic E-state index is -3.83. The molecule has 0 spiro atoms. The highest BCUT2D eigenvalue weighted by molar-refractivity contribution is 7.89. The molecule has 7 nitrogen and oxygen atoms in total. The van der Waals surface area contributed by atoms with E-state index in [4.69, 9.17) is 10.5 Å². The first kappa shape index (κ1) is 18.6. The highest BCUT2D eigenvalue weighted by Gasteiger charge is 2.19. The van der Waals surface area contributed by atoms with E-state index in [1.54, 1.807) is 12.1 Å². The van der Waals surface area contributed by atoms with Crippen molar-refractivity contribution in [3.8, 4) is 0 Å². The standard InChI is InChI=1S/C16H15FN2O5S/c1-19-25(22,23)12-5-6-14(17)13(8-12)16(21)24-9-10-3-2-4-11(7-10)15(18)20/h2-8,19H,9H2,1H3,(H2,18,20). The van der Waals surface area contributed by atoms with Crippen LogP contribution in [-0.2, 0) is 21.4 Å². The third-order valence-corrected chi connectivity index (χ3v) is 4.73. The fourth-order valence-electron chi connectivity index (χ4n) is 1.99. The van der Waals surface area contributed by atoms with E-state index >= 15 is 0 Å². The van der Waals surface area contributed by atoms with Gasteiger partial charge in [-0.15, -0.1) is 0 Å². The summed E-state index contributed by atoms with van der Waals surface area (Å²) < 4.78 is 44.4. The van der Waals surface area contributed by atoms with Crippen LogP contribution in [0.25, 0.3) is 0 Å². The maximum atomic E-state index is 13.8. The normalized spacial score (nSPS) is 11.1. The summed E-state index contributed by atoms with van der Waals surface area (Å²) in [6, 6.07) is 8.89. The van der Waals surface area contributed by atoms with E-state index < -0.39 is 33.3 Å². The number of ether oxygens (including phenoxy) is 1. The zero-order chi connectivity index (χ0) is 18.6. The zero-order valence-electron chi connectivity index (χ0n) is 13.2. The number of amides is 1. The molecule has 3 N–H and O–H groups in total. The summed E-state index contributed by atoms with van der Waals surface area (Å²) in [6.07, 6.45) is 0. The van der Waals surface area contributed by atoms with Crippen LogP contribution in [0.2, 0.25) is 0 Å². The number of rotatable bonds is 6. The van der Waals surface area contributed by atoms with Gasteiger partial charge in [0.25, 0.3) is 0 Å². The summed E-state index contributed by atoms with van der Waals surface area (Å²) >= 11 is 0. The van der Waals surface area contributed by atoms with Gasteiger partial charge in [-0.05, 0) is 42.9 Å². The highest BCUT2D eigenvalue weighted by Crippen LogP contribution is 2.17. The number of hydrogen-bond acceptors (Lipinski definition) is 5. The van der Waals surface area contributed by atoms with E-state index in [1.165, 1.54) is 19.2 Å². The largest absolute Gasteiger partial charge is 0.457 e. The lowest BCUT2D eigenvalue weighted by atomic mass is 10.1. The van der Waals surface area contributed by atoms with E-state index in [-0.39, 0.29) is 17.1 Å². The van der Waals surface area contributed by atoms with Crippen LogP contribution in [0.1, 0.15) is 26.3 Å². The van der Waals surface area contributed by atoms with Crippen LogP contribution in [0.4, 0.5) is 4.39 Å². The molecule has 132 valence electrons. The number of sulfonamides is 1. The second-order valence-electron chi connectivity index (χ2n) is 4.99. The molecule has 0 atom stereocenters. The van der Waals surface area contributed by atoms with Gasteiger partial charge in [0.05, 0.1) is 10.5 Å². The fourth-order valence-corrected chi connectivity index (χ4v) is 2.74. The monoisotopic (exact) mass is 366 g/mol. The number of nitrogens with two attached hydrogens (primary N) is 1. The Kier molecular flexibility index (Phi) is 5.50. The van der Waals surface area contributed by atoms with Gasteiger partial charge in [0.15, 0.2) is 0 Å². The molecular weight excluding hydrogens is 351 g/mol. The number of hydrogen-bond donors (Lipinski definition) is 2. The van der Waals surface area contributed by atoms with Crippen molar-refractivity contribution in [2.45, 2.75) is 11.5 Å². The molecule has 0 saturated heterocycles. The predicted molar refractivity (Wildman–Crippen MR) is 86.7 cm³/mol. The van der Waals surface area contributed by atoms with E-state index in [9.17, 15) is 22.4 Å². The minimum absolute atomic E-state index is 0.234. The Balaban J connectivity index is 2.20. The third kappa shape index (κ3) is 4.40. The van der Waals surface area contributed by atoms with Gasteiger partial charge in [-0.25, -0.2) is 22.3 Å². The van der Waals surface area contributed by atoms with Crippen LogP contribution < -0.4 is 10.5 Å². The zero-order valence-corrected chi connectivity index (χ0v) is 14.0. The number of nitrogens with one attached hydrogen (secondary N) is 1. The van der Waals surface area contributed by atoms with E-state index in [0.29, 0.717) is 5.56 Å². The van der Waals surface area contributed by atoms with Crippen molar-refractivity contribution in [2.24, 2.45) is 5.73 Å². The Labute approximate surface area is 143 Å². The average molecular weight is 366 g/mol. The molecule has 0 aromatic heterocycles. The van der Waals surface area contributed by atoms with Crippen LogP contribution in [-0.4, -0.2) is 27.3 Å². The van der Waals surface area contributed by atoms with Gasteiger partial charge in [0.1, 0.15) is 12.4 Å². The number of carbonyl (C=O) groups excluding carboxylic acids is 2. The second kappa shape index (κ2) is 7.41. The number of carbonyl (C=O) groups is 2. The van der Waals surface area contributed by atoms with Gasteiger partial charge in [0.2, 0.25) is 15.9 Å². The van der Waals surface area contributed by atoms with Gasteiger partial charge < -0.3 is 10.5 Å². The van der Waals surface area contributed by atoms with Crippen molar-refractivity contribution in [3.63, 3.8) is 0 Å². The molecule has 0 aliphatic rings. The molecule has 0 saturated carbocycles. The molecule has 0 unspecified atom stereocenters. The van der Waals surface area contributed by atoms with Crippen LogP contribution in [0, 0.1) is 5.82 Å². The number of primary amides is 1. The molecule has 0 aliphatic heterocycles. The van der Waals surface area contributed by atoms with Crippen molar-refractivity contribution < 1.29 is 27.1 Å². The van der Waals surface area contributed by atoms with Crippen LogP contribution in [0.3, 0.4) is 0 Å². The Morgan fingerprint density at radius 3 is 2.56 bits per heavy atom. The van der Waals surface area contributed by atoms with Crippen LogP contribution in [0.5, 0.6) is 0 Å². The Morgan fingerprint density at radius 2 is 1.92 bits per heavy atom. The molecular formula is C16H15FN2O5S. The molecule has 0 aliphatic carbocycles. The predicted octanol–water partition coefficient (Wildman–Crippen LogP) is 1.19. The minimum Gasteiger partial charge on any atom is -0.457 e.